The fourth-order valence-electron chi connectivity index (χ4n) is 0.772. The lowest BCUT2D eigenvalue weighted by Crippen LogP contribution is -2.28. The SMILES string of the molecule is CN(C)C(=O)CNc1nnc(SCC(=O)O)s1. The summed E-state index contributed by atoms with van der Waals surface area (Å²) in [6.07, 6.45) is 0. The van der Waals surface area contributed by atoms with E-state index in [1.165, 1.54) is 16.2 Å². The summed E-state index contributed by atoms with van der Waals surface area (Å²) in [7, 11) is 3.33. The van der Waals surface area contributed by atoms with Gasteiger partial charge in [-0.15, -0.1) is 10.2 Å². The zero-order valence-corrected chi connectivity index (χ0v) is 11.0. The molecule has 0 aliphatic carbocycles. The summed E-state index contributed by atoms with van der Waals surface area (Å²) in [5.41, 5.74) is 0. The van der Waals surface area contributed by atoms with E-state index < -0.39 is 5.97 Å². The maximum atomic E-state index is 11.3. The van der Waals surface area contributed by atoms with Crippen LogP contribution in [0.3, 0.4) is 0 Å². The van der Waals surface area contributed by atoms with Gasteiger partial charge in [-0.05, 0) is 0 Å². The Balaban J connectivity index is 2.40. The summed E-state index contributed by atoms with van der Waals surface area (Å²) < 4.78 is 0.562. The lowest BCUT2D eigenvalue weighted by molar-refractivity contribution is -0.134. The van der Waals surface area contributed by atoms with Crippen molar-refractivity contribution in [2.24, 2.45) is 0 Å². The largest absolute Gasteiger partial charge is 0.481 e. The highest BCUT2D eigenvalue weighted by Gasteiger charge is 2.09. The minimum Gasteiger partial charge on any atom is -0.481 e. The first-order valence-electron chi connectivity index (χ1n) is 4.61. The van der Waals surface area contributed by atoms with Crippen molar-refractivity contribution in [3.8, 4) is 0 Å². The number of likely N-dealkylation sites (N-methyl/N-ethyl adjacent to an activating group) is 1. The molecule has 0 unspecified atom stereocenters. The van der Waals surface area contributed by atoms with Gasteiger partial charge >= 0.3 is 5.97 Å². The monoisotopic (exact) mass is 276 g/mol. The number of hydrogen-bond donors (Lipinski definition) is 2. The topological polar surface area (TPSA) is 95.4 Å². The van der Waals surface area contributed by atoms with Crippen molar-refractivity contribution in [2.75, 3.05) is 31.7 Å². The minimum absolute atomic E-state index is 0.0503. The highest BCUT2D eigenvalue weighted by atomic mass is 32.2. The first kappa shape index (κ1) is 13.7. The van der Waals surface area contributed by atoms with Gasteiger partial charge in [-0.3, -0.25) is 9.59 Å². The number of thioether (sulfide) groups is 1. The van der Waals surface area contributed by atoms with Crippen molar-refractivity contribution >= 4 is 40.1 Å². The van der Waals surface area contributed by atoms with Gasteiger partial charge in [-0.1, -0.05) is 23.1 Å². The van der Waals surface area contributed by atoms with Crippen LogP contribution in [0.25, 0.3) is 0 Å². The van der Waals surface area contributed by atoms with E-state index in [-0.39, 0.29) is 18.2 Å². The van der Waals surface area contributed by atoms with Crippen LogP contribution in [0.4, 0.5) is 5.13 Å². The van der Waals surface area contributed by atoms with Gasteiger partial charge in [-0.25, -0.2) is 0 Å². The van der Waals surface area contributed by atoms with Crippen molar-refractivity contribution < 1.29 is 14.7 Å². The molecule has 0 saturated carbocycles. The lowest BCUT2D eigenvalue weighted by Gasteiger charge is -2.09. The molecule has 94 valence electrons. The Hall–Kier alpha value is -1.35. The summed E-state index contributed by atoms with van der Waals surface area (Å²) >= 11 is 2.32. The van der Waals surface area contributed by atoms with Gasteiger partial charge in [0, 0.05) is 14.1 Å². The average Bonchev–Trinajstić information content (AvgIpc) is 2.70. The maximum Gasteiger partial charge on any atom is 0.313 e. The molecule has 0 saturated heterocycles. The molecule has 0 spiro atoms. The molecule has 0 aliphatic heterocycles. The predicted octanol–water partition coefficient (Wildman–Crippen LogP) is 0.215. The molecule has 0 fully saturated rings. The molecule has 1 aromatic heterocycles. The third kappa shape index (κ3) is 5.00. The van der Waals surface area contributed by atoms with E-state index in [4.69, 9.17) is 5.11 Å². The number of rotatable bonds is 6. The maximum absolute atomic E-state index is 11.3. The first-order chi connectivity index (χ1) is 7.99. The third-order valence-electron chi connectivity index (χ3n) is 1.62. The summed E-state index contributed by atoms with van der Waals surface area (Å²) in [6.45, 7) is 0.144. The zero-order chi connectivity index (χ0) is 12.8. The molecule has 9 heteroatoms. The molecule has 2 N–H and O–H groups in total. The highest BCUT2D eigenvalue weighted by molar-refractivity contribution is 8.01. The highest BCUT2D eigenvalue weighted by Crippen LogP contribution is 2.24. The number of hydrogen-bond acceptors (Lipinski definition) is 7. The van der Waals surface area contributed by atoms with Gasteiger partial charge in [0.15, 0.2) is 4.34 Å². The molecule has 0 aliphatic rings. The molecule has 1 aromatic rings. The summed E-state index contributed by atoms with van der Waals surface area (Å²) in [5.74, 6) is -1.02. The number of carbonyl (C=O) groups is 2. The fraction of sp³-hybridized carbons (Fsp3) is 0.500. The number of nitrogens with one attached hydrogen (secondary N) is 1. The van der Waals surface area contributed by atoms with Gasteiger partial charge in [-0.2, -0.15) is 0 Å². The van der Waals surface area contributed by atoms with Crippen LogP contribution in [0.2, 0.25) is 0 Å². The Morgan fingerprint density at radius 2 is 2.18 bits per heavy atom. The molecule has 17 heavy (non-hydrogen) atoms. The number of nitrogens with zero attached hydrogens (tertiary/aromatic N) is 3. The second-order valence-electron chi connectivity index (χ2n) is 3.20. The van der Waals surface area contributed by atoms with E-state index in [0.717, 1.165) is 11.8 Å². The van der Waals surface area contributed by atoms with Gasteiger partial charge in [0.2, 0.25) is 11.0 Å². The summed E-state index contributed by atoms with van der Waals surface area (Å²) in [4.78, 5) is 23.1. The van der Waals surface area contributed by atoms with Crippen LogP contribution in [0.1, 0.15) is 0 Å². The molecule has 0 bridgehead atoms. The summed E-state index contributed by atoms with van der Waals surface area (Å²) in [5, 5.41) is 19.4. The third-order valence-corrected chi connectivity index (χ3v) is 3.61. The molecular weight excluding hydrogens is 264 g/mol. The van der Waals surface area contributed by atoms with E-state index in [1.54, 1.807) is 14.1 Å². The predicted molar refractivity (Wildman–Crippen MR) is 65.5 cm³/mol. The number of carbonyl (C=O) groups excluding carboxylic acids is 1. The minimum atomic E-state index is -0.900. The quantitative estimate of drug-likeness (QED) is 0.717. The Kier molecular flexibility index (Phi) is 5.16. The number of aromatic nitrogens is 2. The van der Waals surface area contributed by atoms with Crippen molar-refractivity contribution in [1.29, 1.82) is 0 Å². The van der Waals surface area contributed by atoms with E-state index in [2.05, 4.69) is 15.5 Å². The van der Waals surface area contributed by atoms with Gasteiger partial charge in [0.25, 0.3) is 0 Å². The van der Waals surface area contributed by atoms with Crippen molar-refractivity contribution in [3.05, 3.63) is 0 Å². The lowest BCUT2D eigenvalue weighted by atomic mass is 10.5. The molecule has 0 aromatic carbocycles. The van der Waals surface area contributed by atoms with Gasteiger partial charge in [0.1, 0.15) is 0 Å². The van der Waals surface area contributed by atoms with Crippen LogP contribution < -0.4 is 5.32 Å². The van der Waals surface area contributed by atoms with Crippen LogP contribution in [0.5, 0.6) is 0 Å². The molecular formula is C8H12N4O3S2. The Labute approximate surface area is 106 Å². The molecule has 7 nitrogen and oxygen atoms in total. The second kappa shape index (κ2) is 6.40. The van der Waals surface area contributed by atoms with Crippen LogP contribution in [0.15, 0.2) is 4.34 Å². The number of carboxylic acid groups (broad SMARTS) is 1. The normalized spacial score (nSPS) is 10.0. The number of aliphatic carboxylic acids is 1. The zero-order valence-electron chi connectivity index (χ0n) is 9.34. The molecule has 1 rings (SSSR count). The Morgan fingerprint density at radius 1 is 1.47 bits per heavy atom. The average molecular weight is 276 g/mol. The van der Waals surface area contributed by atoms with E-state index in [0.29, 0.717) is 9.47 Å². The van der Waals surface area contributed by atoms with Crippen molar-refractivity contribution in [3.63, 3.8) is 0 Å². The molecule has 0 atom stereocenters. The molecule has 1 amide bonds. The second-order valence-corrected chi connectivity index (χ2v) is 5.40. The Bertz CT molecular complexity index is 407. The van der Waals surface area contributed by atoms with Crippen molar-refractivity contribution in [1.82, 2.24) is 15.1 Å². The van der Waals surface area contributed by atoms with E-state index in [1.807, 2.05) is 0 Å². The van der Waals surface area contributed by atoms with Gasteiger partial charge in [0.05, 0.1) is 12.3 Å². The standard InChI is InChI=1S/C8H12N4O3S2/c1-12(2)5(13)3-9-7-10-11-8(17-7)16-4-6(14)15/h3-4H2,1-2H3,(H,9,10)(H,14,15). The van der Waals surface area contributed by atoms with Gasteiger partial charge < -0.3 is 15.3 Å². The smallest absolute Gasteiger partial charge is 0.313 e. The van der Waals surface area contributed by atoms with E-state index >= 15 is 0 Å². The summed E-state index contributed by atoms with van der Waals surface area (Å²) in [6, 6.07) is 0. The Morgan fingerprint density at radius 3 is 2.76 bits per heavy atom. The molecule has 0 radical (unpaired) electrons. The molecule has 1 heterocycles. The fourth-order valence-corrected chi connectivity index (χ4v) is 2.24. The van der Waals surface area contributed by atoms with Crippen LogP contribution in [-0.2, 0) is 9.59 Å². The van der Waals surface area contributed by atoms with Crippen LogP contribution >= 0.6 is 23.1 Å². The number of anilines is 1. The van der Waals surface area contributed by atoms with Crippen molar-refractivity contribution in [2.45, 2.75) is 4.34 Å². The number of carboxylic acids is 1. The number of amides is 1. The first-order valence-corrected chi connectivity index (χ1v) is 6.41. The van der Waals surface area contributed by atoms with Crippen LogP contribution in [-0.4, -0.2) is 58.5 Å². The van der Waals surface area contributed by atoms with E-state index in [9.17, 15) is 9.59 Å². The van der Waals surface area contributed by atoms with Crippen LogP contribution in [0, 0.1) is 0 Å².